The molecule has 1 aliphatic heterocycles. The summed E-state index contributed by atoms with van der Waals surface area (Å²) < 4.78 is 59.0. The van der Waals surface area contributed by atoms with E-state index in [9.17, 15) is 17.6 Å². The number of ether oxygens (including phenoxy) is 3. The largest absolute Gasteiger partial charge is 0.487 e. The summed E-state index contributed by atoms with van der Waals surface area (Å²) in [5, 5.41) is 1.66. The van der Waals surface area contributed by atoms with Crippen LogP contribution in [0.5, 0.6) is 5.75 Å². The Kier molecular flexibility index (Phi) is 7.39. The number of methoxy groups -OCH3 is 1. The zero-order chi connectivity index (χ0) is 25.2. The molecular weight excluding hydrogens is 495 g/mol. The molecule has 0 bridgehead atoms. The molecule has 1 aliphatic rings. The zero-order valence-electron chi connectivity index (χ0n) is 19.5. The minimum Gasteiger partial charge on any atom is -0.487 e. The standard InChI is InChI=1S/C24H25FN2O6S2/c1-15-10-21(27(12-19-8-9-32-19)35(29,30)24-26-16(2)14-34-24)22(11-20(15)25)33-13-17-4-6-18(7-5-17)23(28)31-3/h4-7,10-11,14,19H,8-9,12-13H2,1-3H3. The van der Waals surface area contributed by atoms with Crippen LogP contribution in [0.3, 0.4) is 0 Å². The fraction of sp³-hybridized carbons (Fsp3) is 0.333. The number of hydrogen-bond acceptors (Lipinski definition) is 8. The summed E-state index contributed by atoms with van der Waals surface area (Å²) in [5.74, 6) is -0.912. The first kappa shape index (κ1) is 25.1. The van der Waals surface area contributed by atoms with Gasteiger partial charge in [0.25, 0.3) is 10.0 Å². The van der Waals surface area contributed by atoms with Gasteiger partial charge in [-0.05, 0) is 49.6 Å². The molecule has 2 heterocycles. The molecule has 0 aliphatic carbocycles. The minimum absolute atomic E-state index is 0.0289. The summed E-state index contributed by atoms with van der Waals surface area (Å²) in [4.78, 5) is 15.8. The zero-order valence-corrected chi connectivity index (χ0v) is 21.1. The number of carbonyl (C=O) groups excluding carboxylic acids is 1. The van der Waals surface area contributed by atoms with E-state index in [-0.39, 0.29) is 40.6 Å². The Morgan fingerprint density at radius 3 is 2.54 bits per heavy atom. The third kappa shape index (κ3) is 5.47. The van der Waals surface area contributed by atoms with Gasteiger partial charge in [0.1, 0.15) is 18.2 Å². The lowest BCUT2D eigenvalue weighted by molar-refractivity contribution is -0.0428. The molecule has 3 aromatic rings. The van der Waals surface area contributed by atoms with Crippen LogP contribution in [0, 0.1) is 19.7 Å². The Morgan fingerprint density at radius 1 is 1.26 bits per heavy atom. The first-order valence-electron chi connectivity index (χ1n) is 10.9. The molecule has 4 rings (SSSR count). The monoisotopic (exact) mass is 520 g/mol. The SMILES string of the molecule is COC(=O)c1ccc(COc2cc(F)c(C)cc2N(CC2CCO2)S(=O)(=O)c2nc(C)cs2)cc1. The van der Waals surface area contributed by atoms with Crippen molar-refractivity contribution in [2.75, 3.05) is 24.6 Å². The predicted molar refractivity (Wildman–Crippen MR) is 129 cm³/mol. The molecule has 1 fully saturated rings. The highest BCUT2D eigenvalue weighted by Gasteiger charge is 2.34. The number of sulfonamides is 1. The molecule has 1 atom stereocenters. The van der Waals surface area contributed by atoms with E-state index in [2.05, 4.69) is 4.98 Å². The molecule has 0 saturated carbocycles. The summed E-state index contributed by atoms with van der Waals surface area (Å²) in [6.07, 6.45) is 0.432. The Labute approximate surface area is 207 Å². The van der Waals surface area contributed by atoms with Gasteiger partial charge < -0.3 is 14.2 Å². The van der Waals surface area contributed by atoms with Crippen LogP contribution in [-0.4, -0.2) is 45.7 Å². The molecule has 35 heavy (non-hydrogen) atoms. The summed E-state index contributed by atoms with van der Waals surface area (Å²) in [7, 11) is -2.75. The number of aryl methyl sites for hydroxylation is 2. The van der Waals surface area contributed by atoms with Gasteiger partial charge >= 0.3 is 5.97 Å². The molecule has 1 saturated heterocycles. The van der Waals surface area contributed by atoms with Crippen molar-refractivity contribution in [3.63, 3.8) is 0 Å². The Bertz CT molecular complexity index is 1320. The average Bonchev–Trinajstić information content (AvgIpc) is 3.26. The van der Waals surface area contributed by atoms with E-state index >= 15 is 0 Å². The van der Waals surface area contributed by atoms with Crippen LogP contribution >= 0.6 is 11.3 Å². The van der Waals surface area contributed by atoms with Crippen molar-refractivity contribution in [3.8, 4) is 5.75 Å². The number of halogens is 1. The number of esters is 1. The maximum absolute atomic E-state index is 14.6. The summed E-state index contributed by atoms with van der Waals surface area (Å²) in [6.45, 7) is 3.92. The van der Waals surface area contributed by atoms with E-state index in [1.807, 2.05) is 0 Å². The van der Waals surface area contributed by atoms with Gasteiger partial charge in [0, 0.05) is 23.7 Å². The molecule has 0 N–H and O–H groups in total. The molecule has 2 aromatic carbocycles. The summed E-state index contributed by atoms with van der Waals surface area (Å²) in [5.41, 5.74) is 2.17. The number of hydrogen-bond donors (Lipinski definition) is 0. The predicted octanol–water partition coefficient (Wildman–Crippen LogP) is 4.25. The highest BCUT2D eigenvalue weighted by molar-refractivity contribution is 7.94. The smallest absolute Gasteiger partial charge is 0.337 e. The van der Waals surface area contributed by atoms with E-state index in [0.717, 1.165) is 11.3 Å². The molecule has 8 nitrogen and oxygen atoms in total. The normalized spacial score (nSPS) is 15.4. The van der Waals surface area contributed by atoms with E-state index in [0.29, 0.717) is 29.8 Å². The van der Waals surface area contributed by atoms with Crippen molar-refractivity contribution >= 4 is 33.0 Å². The van der Waals surface area contributed by atoms with Gasteiger partial charge in [-0.25, -0.2) is 14.2 Å². The number of benzene rings is 2. The molecule has 11 heteroatoms. The molecule has 186 valence electrons. The van der Waals surface area contributed by atoms with Crippen LogP contribution < -0.4 is 9.04 Å². The van der Waals surface area contributed by atoms with Crippen molar-refractivity contribution in [2.45, 2.75) is 37.3 Å². The van der Waals surface area contributed by atoms with Gasteiger partial charge in [0.2, 0.25) is 4.34 Å². The summed E-state index contributed by atoms with van der Waals surface area (Å²) in [6, 6.07) is 9.21. The lowest BCUT2D eigenvalue weighted by atomic mass is 10.1. The van der Waals surface area contributed by atoms with Crippen molar-refractivity contribution in [2.24, 2.45) is 0 Å². The number of aromatic nitrogens is 1. The molecular formula is C24H25FN2O6S2. The van der Waals surface area contributed by atoms with Crippen LogP contribution in [0.25, 0.3) is 0 Å². The van der Waals surface area contributed by atoms with E-state index < -0.39 is 21.8 Å². The second-order valence-corrected chi connectivity index (χ2v) is 11.0. The third-order valence-corrected chi connectivity index (χ3v) is 8.68. The maximum Gasteiger partial charge on any atom is 0.337 e. The van der Waals surface area contributed by atoms with Crippen molar-refractivity contribution in [1.29, 1.82) is 0 Å². The maximum atomic E-state index is 14.6. The minimum atomic E-state index is -4.05. The quantitative estimate of drug-likeness (QED) is 0.389. The van der Waals surface area contributed by atoms with Gasteiger partial charge in [-0.3, -0.25) is 4.31 Å². The van der Waals surface area contributed by atoms with Gasteiger partial charge in [0.05, 0.1) is 31.0 Å². The molecule has 1 aromatic heterocycles. The highest BCUT2D eigenvalue weighted by atomic mass is 32.2. The van der Waals surface area contributed by atoms with Gasteiger partial charge in [0.15, 0.2) is 0 Å². The van der Waals surface area contributed by atoms with Crippen LogP contribution in [0.4, 0.5) is 10.1 Å². The van der Waals surface area contributed by atoms with Gasteiger partial charge in [-0.2, -0.15) is 8.42 Å². The van der Waals surface area contributed by atoms with Crippen LogP contribution in [0.15, 0.2) is 46.1 Å². The van der Waals surface area contributed by atoms with E-state index in [1.165, 1.54) is 23.5 Å². The van der Waals surface area contributed by atoms with Crippen LogP contribution in [-0.2, 0) is 26.1 Å². The lowest BCUT2D eigenvalue weighted by Gasteiger charge is -2.33. The average molecular weight is 521 g/mol. The Morgan fingerprint density at radius 2 is 1.97 bits per heavy atom. The number of thiazole rings is 1. The Hall–Kier alpha value is -3.02. The highest BCUT2D eigenvalue weighted by Crippen LogP contribution is 2.37. The second-order valence-electron chi connectivity index (χ2n) is 8.12. The fourth-order valence-corrected chi connectivity index (χ4v) is 6.09. The van der Waals surface area contributed by atoms with Gasteiger partial charge in [-0.1, -0.05) is 12.1 Å². The fourth-order valence-electron chi connectivity index (χ4n) is 3.46. The topological polar surface area (TPSA) is 95.0 Å². The number of rotatable bonds is 9. The summed E-state index contributed by atoms with van der Waals surface area (Å²) >= 11 is 1.03. The number of nitrogens with zero attached hydrogens (tertiary/aromatic N) is 2. The van der Waals surface area contributed by atoms with Gasteiger partial charge in [-0.15, -0.1) is 11.3 Å². The third-order valence-electron chi connectivity index (χ3n) is 5.55. The molecule has 0 spiro atoms. The van der Waals surface area contributed by atoms with Crippen molar-refractivity contribution in [3.05, 3.63) is 70.0 Å². The van der Waals surface area contributed by atoms with Crippen molar-refractivity contribution < 1.29 is 31.8 Å². The van der Waals surface area contributed by atoms with Crippen LogP contribution in [0.2, 0.25) is 0 Å². The number of carbonyl (C=O) groups is 1. The van der Waals surface area contributed by atoms with E-state index in [1.54, 1.807) is 43.5 Å². The first-order chi connectivity index (χ1) is 16.7. The Balaban J connectivity index is 1.68. The molecule has 0 radical (unpaired) electrons. The van der Waals surface area contributed by atoms with Crippen LogP contribution in [0.1, 0.15) is 33.6 Å². The molecule has 0 amide bonds. The second kappa shape index (κ2) is 10.3. The molecule has 1 unspecified atom stereocenters. The number of anilines is 1. The van der Waals surface area contributed by atoms with Crippen molar-refractivity contribution in [1.82, 2.24) is 4.98 Å². The van der Waals surface area contributed by atoms with E-state index in [4.69, 9.17) is 14.2 Å². The first-order valence-corrected chi connectivity index (χ1v) is 13.2. The lowest BCUT2D eigenvalue weighted by Crippen LogP contribution is -2.43.